The Labute approximate surface area is 239 Å². The first-order valence-corrected chi connectivity index (χ1v) is 13.3. The van der Waals surface area contributed by atoms with Crippen LogP contribution in [0.1, 0.15) is 48.9 Å². The van der Waals surface area contributed by atoms with Crippen LogP contribution >= 0.6 is 23.2 Å². The number of nitrogens with zero attached hydrogens (tertiary/aromatic N) is 1. The fraction of sp³-hybridized carbons (Fsp3) is 0.300. The smallest absolute Gasteiger partial charge is 0.262 e. The molecular weight excluding hydrogens is 537 g/mol. The van der Waals surface area contributed by atoms with Crippen molar-refractivity contribution in [2.24, 2.45) is 5.10 Å². The van der Waals surface area contributed by atoms with Gasteiger partial charge in [-0.3, -0.25) is 9.59 Å². The molecule has 3 rings (SSSR count). The van der Waals surface area contributed by atoms with Gasteiger partial charge in [0.2, 0.25) is 0 Å². The van der Waals surface area contributed by atoms with Gasteiger partial charge >= 0.3 is 0 Å². The van der Waals surface area contributed by atoms with Gasteiger partial charge in [-0.2, -0.15) is 5.10 Å². The van der Waals surface area contributed by atoms with Gasteiger partial charge in [0.05, 0.1) is 18.3 Å². The third kappa shape index (κ3) is 8.47. The molecule has 0 bridgehead atoms. The van der Waals surface area contributed by atoms with Crippen molar-refractivity contribution in [3.05, 3.63) is 93.0 Å². The zero-order chi connectivity index (χ0) is 28.5. The lowest BCUT2D eigenvalue weighted by molar-refractivity contribution is -0.132. The summed E-state index contributed by atoms with van der Waals surface area (Å²) >= 11 is 12.1. The standard InChI is InChI=1S/C30H33Cl2N3O4/c1-18(2)24-15-22(19(3)13-28(24)38-5)17-33-35-30(37)26(14-21-9-7-6-8-10-21)34-29(36)20(4)39-27-12-11-23(31)16-25(27)32/h6-13,15-18,20,26H,14H2,1-5H3,(H,34,36)(H,35,37)/b33-17-/t20-,26+/m0/s1. The number of benzene rings is 3. The second-order valence-corrected chi connectivity index (χ2v) is 10.3. The van der Waals surface area contributed by atoms with Gasteiger partial charge in [-0.25, -0.2) is 5.43 Å². The molecule has 0 heterocycles. The van der Waals surface area contributed by atoms with Crippen LogP contribution in [0.4, 0.5) is 0 Å². The summed E-state index contributed by atoms with van der Waals surface area (Å²) in [5.41, 5.74) is 6.30. The van der Waals surface area contributed by atoms with Crippen LogP contribution in [0.25, 0.3) is 0 Å². The van der Waals surface area contributed by atoms with Gasteiger partial charge in [-0.05, 0) is 72.4 Å². The Morgan fingerprint density at radius 1 is 0.974 bits per heavy atom. The maximum Gasteiger partial charge on any atom is 0.262 e. The first kappa shape index (κ1) is 30.0. The number of rotatable bonds is 11. The number of hydrogen-bond donors (Lipinski definition) is 2. The molecule has 2 atom stereocenters. The number of halogens is 2. The monoisotopic (exact) mass is 569 g/mol. The van der Waals surface area contributed by atoms with Crippen molar-refractivity contribution in [1.29, 1.82) is 0 Å². The van der Waals surface area contributed by atoms with E-state index < -0.39 is 24.0 Å². The third-order valence-corrected chi connectivity index (χ3v) is 6.63. The minimum absolute atomic E-state index is 0.250. The Hall–Kier alpha value is -3.55. The summed E-state index contributed by atoms with van der Waals surface area (Å²) in [4.78, 5) is 26.2. The van der Waals surface area contributed by atoms with Gasteiger partial charge in [0.15, 0.2) is 6.10 Å². The molecule has 0 aromatic heterocycles. The Morgan fingerprint density at radius 2 is 1.69 bits per heavy atom. The molecule has 206 valence electrons. The molecule has 0 saturated heterocycles. The van der Waals surface area contributed by atoms with E-state index in [-0.39, 0.29) is 17.4 Å². The molecule has 0 saturated carbocycles. The van der Waals surface area contributed by atoms with Crippen molar-refractivity contribution < 1.29 is 19.1 Å². The highest BCUT2D eigenvalue weighted by molar-refractivity contribution is 6.35. The summed E-state index contributed by atoms with van der Waals surface area (Å²) in [5.74, 6) is 0.433. The molecule has 39 heavy (non-hydrogen) atoms. The van der Waals surface area contributed by atoms with Crippen LogP contribution in [0, 0.1) is 6.92 Å². The van der Waals surface area contributed by atoms with Crippen molar-refractivity contribution in [1.82, 2.24) is 10.7 Å². The van der Waals surface area contributed by atoms with E-state index in [1.54, 1.807) is 32.4 Å². The predicted molar refractivity (Wildman–Crippen MR) is 156 cm³/mol. The molecule has 0 radical (unpaired) electrons. The SMILES string of the molecule is COc1cc(C)c(/C=N\NC(=O)[C@@H](Cc2ccccc2)NC(=O)[C@H](C)Oc2ccc(Cl)cc2Cl)cc1C(C)C. The van der Waals surface area contributed by atoms with Crippen LogP contribution in [-0.4, -0.2) is 37.3 Å². The summed E-state index contributed by atoms with van der Waals surface area (Å²) in [5, 5.41) is 7.70. The van der Waals surface area contributed by atoms with E-state index in [9.17, 15) is 9.59 Å². The van der Waals surface area contributed by atoms with Gasteiger partial charge in [-0.1, -0.05) is 67.4 Å². The first-order chi connectivity index (χ1) is 18.6. The highest BCUT2D eigenvalue weighted by Gasteiger charge is 2.25. The van der Waals surface area contributed by atoms with Crippen LogP contribution in [-0.2, 0) is 16.0 Å². The molecule has 0 aliphatic carbocycles. The second-order valence-electron chi connectivity index (χ2n) is 9.43. The zero-order valence-corrected chi connectivity index (χ0v) is 24.1. The van der Waals surface area contributed by atoms with E-state index in [4.69, 9.17) is 32.7 Å². The Morgan fingerprint density at radius 3 is 2.33 bits per heavy atom. The van der Waals surface area contributed by atoms with E-state index in [0.29, 0.717) is 10.8 Å². The highest BCUT2D eigenvalue weighted by atomic mass is 35.5. The summed E-state index contributed by atoms with van der Waals surface area (Å²) in [6, 6.07) is 17.2. The number of methoxy groups -OCH3 is 1. The lowest BCUT2D eigenvalue weighted by Crippen LogP contribution is -2.50. The third-order valence-electron chi connectivity index (χ3n) is 6.10. The second kappa shape index (κ2) is 14.0. The fourth-order valence-electron chi connectivity index (χ4n) is 3.89. The molecule has 9 heteroatoms. The first-order valence-electron chi connectivity index (χ1n) is 12.6. The van der Waals surface area contributed by atoms with Crippen molar-refractivity contribution in [3.8, 4) is 11.5 Å². The van der Waals surface area contributed by atoms with Gasteiger partial charge in [-0.15, -0.1) is 0 Å². The van der Waals surface area contributed by atoms with Gasteiger partial charge in [0, 0.05) is 11.4 Å². The number of hydrazone groups is 1. The predicted octanol–water partition coefficient (Wildman–Crippen LogP) is 6.08. The van der Waals surface area contributed by atoms with Crippen LogP contribution in [0.3, 0.4) is 0 Å². The van der Waals surface area contributed by atoms with Crippen LogP contribution in [0.2, 0.25) is 10.0 Å². The van der Waals surface area contributed by atoms with E-state index in [1.165, 1.54) is 6.07 Å². The van der Waals surface area contributed by atoms with E-state index in [2.05, 4.69) is 29.7 Å². The lowest BCUT2D eigenvalue weighted by Gasteiger charge is -2.21. The molecule has 7 nitrogen and oxygen atoms in total. The maximum atomic E-state index is 13.2. The summed E-state index contributed by atoms with van der Waals surface area (Å²) in [6.45, 7) is 7.69. The quantitative estimate of drug-likeness (QED) is 0.216. The molecule has 0 aliphatic heterocycles. The van der Waals surface area contributed by atoms with Crippen LogP contribution in [0.5, 0.6) is 11.5 Å². The summed E-state index contributed by atoms with van der Waals surface area (Å²) in [6.07, 6.45) is 0.935. The van der Waals surface area contributed by atoms with Crippen molar-refractivity contribution in [2.45, 2.75) is 52.2 Å². The number of carbonyl (C=O) groups is 2. The minimum Gasteiger partial charge on any atom is -0.496 e. The molecule has 2 amide bonds. The lowest BCUT2D eigenvalue weighted by atomic mass is 9.97. The number of carbonyl (C=O) groups excluding carboxylic acids is 2. The highest BCUT2D eigenvalue weighted by Crippen LogP contribution is 2.29. The number of hydrogen-bond acceptors (Lipinski definition) is 5. The van der Waals surface area contributed by atoms with Crippen LogP contribution < -0.4 is 20.2 Å². The molecule has 2 N–H and O–H groups in total. The van der Waals surface area contributed by atoms with E-state index in [0.717, 1.165) is 28.0 Å². The normalized spacial score (nSPS) is 12.7. The Kier molecular flexibility index (Phi) is 10.8. The van der Waals surface area contributed by atoms with Gasteiger partial charge < -0.3 is 14.8 Å². The zero-order valence-electron chi connectivity index (χ0n) is 22.6. The van der Waals surface area contributed by atoms with Crippen molar-refractivity contribution >= 4 is 41.2 Å². The average Bonchev–Trinajstić information content (AvgIpc) is 2.90. The average molecular weight is 571 g/mol. The Balaban J connectivity index is 1.74. The van der Waals surface area contributed by atoms with Gasteiger partial charge in [0.1, 0.15) is 17.5 Å². The molecular formula is C30H33Cl2N3O4. The largest absolute Gasteiger partial charge is 0.496 e. The van der Waals surface area contributed by atoms with Crippen molar-refractivity contribution in [3.63, 3.8) is 0 Å². The molecule has 0 fully saturated rings. The van der Waals surface area contributed by atoms with Crippen LogP contribution in [0.15, 0.2) is 65.8 Å². The number of ether oxygens (including phenoxy) is 2. The number of aryl methyl sites for hydroxylation is 1. The summed E-state index contributed by atoms with van der Waals surface area (Å²) < 4.78 is 11.2. The maximum absolute atomic E-state index is 13.2. The molecule has 3 aromatic rings. The number of nitrogens with one attached hydrogen (secondary N) is 2. The topological polar surface area (TPSA) is 89.0 Å². The number of amides is 2. The molecule has 0 aliphatic rings. The van der Waals surface area contributed by atoms with E-state index in [1.807, 2.05) is 49.4 Å². The minimum atomic E-state index is -0.922. The summed E-state index contributed by atoms with van der Waals surface area (Å²) in [7, 11) is 1.64. The fourth-order valence-corrected chi connectivity index (χ4v) is 4.34. The molecule has 3 aromatic carbocycles. The molecule has 0 unspecified atom stereocenters. The van der Waals surface area contributed by atoms with Crippen molar-refractivity contribution in [2.75, 3.05) is 7.11 Å². The Bertz CT molecular complexity index is 1330. The van der Waals surface area contributed by atoms with E-state index >= 15 is 0 Å². The van der Waals surface area contributed by atoms with Gasteiger partial charge in [0.25, 0.3) is 11.8 Å². The molecule has 0 spiro atoms.